The van der Waals surface area contributed by atoms with Gasteiger partial charge in [-0.05, 0) is 25.0 Å². The molecule has 4 heteroatoms. The molecule has 0 unspecified atom stereocenters. The third-order valence-electron chi connectivity index (χ3n) is 3.32. The second kappa shape index (κ2) is 5.27. The van der Waals surface area contributed by atoms with Crippen LogP contribution in [0.5, 0.6) is 5.75 Å². The minimum atomic E-state index is 0.394. The molecule has 1 aromatic carbocycles. The summed E-state index contributed by atoms with van der Waals surface area (Å²) in [4.78, 5) is 2.33. The lowest BCUT2D eigenvalue weighted by Crippen LogP contribution is -2.36. The number of piperidine rings is 1. The summed E-state index contributed by atoms with van der Waals surface area (Å²) >= 11 is 0. The Morgan fingerprint density at radius 1 is 1.24 bits per heavy atom. The number of hydrogen-bond acceptors (Lipinski definition) is 4. The minimum absolute atomic E-state index is 0.394. The zero-order chi connectivity index (χ0) is 12.3. The highest BCUT2D eigenvalue weighted by Gasteiger charge is 2.20. The van der Waals surface area contributed by atoms with Crippen molar-refractivity contribution < 1.29 is 9.47 Å². The Bertz CT molecular complexity index is 374. The van der Waals surface area contributed by atoms with Crippen LogP contribution in [0, 0.1) is 0 Å². The molecule has 94 valence electrons. The number of hydrogen-bond donors (Lipinski definition) is 1. The molecular formula is C13H20N2O2. The van der Waals surface area contributed by atoms with E-state index in [1.165, 1.54) is 0 Å². The number of ether oxygens (including phenoxy) is 2. The standard InChI is InChI=1S/C13H20N2O2/c1-16-11-5-7-15(8-6-11)12-4-3-10(14)9-13(12)17-2/h3-4,9,11H,5-8,14H2,1-2H3. The van der Waals surface area contributed by atoms with E-state index in [2.05, 4.69) is 4.90 Å². The SMILES string of the molecule is COc1cc(N)ccc1N1CCC(OC)CC1. The number of nitrogen functional groups attached to an aromatic ring is 1. The minimum Gasteiger partial charge on any atom is -0.495 e. The van der Waals surface area contributed by atoms with Gasteiger partial charge in [0.25, 0.3) is 0 Å². The van der Waals surface area contributed by atoms with E-state index in [9.17, 15) is 0 Å². The van der Waals surface area contributed by atoms with E-state index in [1.807, 2.05) is 18.2 Å². The van der Waals surface area contributed by atoms with Crippen LogP contribution in [0.4, 0.5) is 11.4 Å². The average Bonchev–Trinajstić information content (AvgIpc) is 2.39. The second-order valence-corrected chi connectivity index (χ2v) is 4.35. The smallest absolute Gasteiger partial charge is 0.144 e. The Labute approximate surface area is 102 Å². The predicted molar refractivity (Wildman–Crippen MR) is 69.7 cm³/mol. The van der Waals surface area contributed by atoms with Crippen LogP contribution in [0.1, 0.15) is 12.8 Å². The van der Waals surface area contributed by atoms with Crippen LogP contribution < -0.4 is 15.4 Å². The van der Waals surface area contributed by atoms with Crippen LogP contribution >= 0.6 is 0 Å². The van der Waals surface area contributed by atoms with Crippen molar-refractivity contribution in [1.82, 2.24) is 0 Å². The van der Waals surface area contributed by atoms with Gasteiger partial charge in [0.05, 0.1) is 18.9 Å². The molecule has 2 rings (SSSR count). The fraction of sp³-hybridized carbons (Fsp3) is 0.538. The zero-order valence-electron chi connectivity index (χ0n) is 10.5. The molecule has 0 spiro atoms. The first-order valence-electron chi connectivity index (χ1n) is 5.96. The van der Waals surface area contributed by atoms with E-state index in [-0.39, 0.29) is 0 Å². The molecule has 0 saturated carbocycles. The maximum atomic E-state index is 5.76. The zero-order valence-corrected chi connectivity index (χ0v) is 10.5. The number of methoxy groups -OCH3 is 2. The largest absolute Gasteiger partial charge is 0.495 e. The lowest BCUT2D eigenvalue weighted by Gasteiger charge is -2.33. The van der Waals surface area contributed by atoms with Crippen molar-refractivity contribution in [3.8, 4) is 5.75 Å². The second-order valence-electron chi connectivity index (χ2n) is 4.35. The fourth-order valence-electron chi connectivity index (χ4n) is 2.29. The van der Waals surface area contributed by atoms with Gasteiger partial charge in [-0.2, -0.15) is 0 Å². The van der Waals surface area contributed by atoms with Gasteiger partial charge >= 0.3 is 0 Å². The Morgan fingerprint density at radius 2 is 1.94 bits per heavy atom. The topological polar surface area (TPSA) is 47.7 Å². The highest BCUT2D eigenvalue weighted by atomic mass is 16.5. The van der Waals surface area contributed by atoms with Crippen LogP contribution in [0.2, 0.25) is 0 Å². The van der Waals surface area contributed by atoms with Crippen LogP contribution in [-0.4, -0.2) is 33.4 Å². The van der Waals surface area contributed by atoms with Crippen LogP contribution in [0.25, 0.3) is 0 Å². The van der Waals surface area contributed by atoms with E-state index < -0.39 is 0 Å². The molecule has 17 heavy (non-hydrogen) atoms. The first-order valence-corrected chi connectivity index (χ1v) is 5.96. The van der Waals surface area contributed by atoms with E-state index in [4.69, 9.17) is 15.2 Å². The lowest BCUT2D eigenvalue weighted by atomic mass is 10.1. The van der Waals surface area contributed by atoms with Gasteiger partial charge in [-0.1, -0.05) is 0 Å². The first kappa shape index (κ1) is 12.0. The fourth-order valence-corrected chi connectivity index (χ4v) is 2.29. The lowest BCUT2D eigenvalue weighted by molar-refractivity contribution is 0.0818. The predicted octanol–water partition coefficient (Wildman–Crippen LogP) is 1.89. The third-order valence-corrected chi connectivity index (χ3v) is 3.32. The maximum absolute atomic E-state index is 5.76. The van der Waals surface area contributed by atoms with Crippen molar-refractivity contribution in [1.29, 1.82) is 0 Å². The molecule has 0 amide bonds. The van der Waals surface area contributed by atoms with E-state index in [0.717, 1.165) is 43.1 Å². The molecule has 1 heterocycles. The number of rotatable bonds is 3. The van der Waals surface area contributed by atoms with E-state index >= 15 is 0 Å². The highest BCUT2D eigenvalue weighted by molar-refractivity contribution is 5.64. The van der Waals surface area contributed by atoms with Gasteiger partial charge in [0.2, 0.25) is 0 Å². The number of nitrogens with two attached hydrogens (primary N) is 1. The molecule has 2 N–H and O–H groups in total. The summed E-state index contributed by atoms with van der Waals surface area (Å²) in [5.74, 6) is 0.848. The van der Waals surface area contributed by atoms with Crippen molar-refractivity contribution >= 4 is 11.4 Å². The molecule has 1 aromatic rings. The van der Waals surface area contributed by atoms with Gasteiger partial charge in [-0.3, -0.25) is 0 Å². The molecule has 0 atom stereocenters. The molecule has 1 saturated heterocycles. The first-order chi connectivity index (χ1) is 8.24. The molecule has 0 bridgehead atoms. The number of benzene rings is 1. The normalized spacial score (nSPS) is 17.2. The van der Waals surface area contributed by atoms with Gasteiger partial charge in [-0.15, -0.1) is 0 Å². The summed E-state index contributed by atoms with van der Waals surface area (Å²) in [6, 6.07) is 5.82. The Balaban J connectivity index is 2.12. The van der Waals surface area contributed by atoms with Gasteiger partial charge in [0, 0.05) is 32.0 Å². The molecule has 0 aliphatic carbocycles. The Morgan fingerprint density at radius 3 is 2.53 bits per heavy atom. The molecule has 0 aromatic heterocycles. The van der Waals surface area contributed by atoms with Crippen molar-refractivity contribution in [2.75, 3.05) is 37.9 Å². The van der Waals surface area contributed by atoms with E-state index in [1.54, 1.807) is 14.2 Å². The third kappa shape index (κ3) is 2.64. The highest BCUT2D eigenvalue weighted by Crippen LogP contribution is 2.32. The Hall–Kier alpha value is -1.42. The molecule has 1 aliphatic heterocycles. The monoisotopic (exact) mass is 236 g/mol. The Kier molecular flexibility index (Phi) is 3.74. The maximum Gasteiger partial charge on any atom is 0.144 e. The summed E-state index contributed by atoms with van der Waals surface area (Å²) in [7, 11) is 3.46. The summed E-state index contributed by atoms with van der Waals surface area (Å²) in [6.07, 6.45) is 2.51. The van der Waals surface area contributed by atoms with Crippen molar-refractivity contribution in [2.45, 2.75) is 18.9 Å². The van der Waals surface area contributed by atoms with Crippen molar-refractivity contribution in [3.63, 3.8) is 0 Å². The molecule has 1 aliphatic rings. The van der Waals surface area contributed by atoms with Gasteiger partial charge in [0.1, 0.15) is 5.75 Å². The quantitative estimate of drug-likeness (QED) is 0.814. The van der Waals surface area contributed by atoms with Crippen LogP contribution in [0.15, 0.2) is 18.2 Å². The molecule has 4 nitrogen and oxygen atoms in total. The number of nitrogens with zero attached hydrogens (tertiary/aromatic N) is 1. The average molecular weight is 236 g/mol. The van der Waals surface area contributed by atoms with Crippen LogP contribution in [0.3, 0.4) is 0 Å². The molecule has 0 radical (unpaired) electrons. The summed E-state index contributed by atoms with van der Waals surface area (Å²) in [5, 5.41) is 0. The van der Waals surface area contributed by atoms with Gasteiger partial charge < -0.3 is 20.1 Å². The van der Waals surface area contributed by atoms with Crippen molar-refractivity contribution in [3.05, 3.63) is 18.2 Å². The summed E-state index contributed by atoms with van der Waals surface area (Å²) in [6.45, 7) is 2.00. The van der Waals surface area contributed by atoms with Crippen molar-refractivity contribution in [2.24, 2.45) is 0 Å². The number of anilines is 2. The summed E-state index contributed by atoms with van der Waals surface area (Å²) in [5.41, 5.74) is 7.61. The van der Waals surface area contributed by atoms with Crippen LogP contribution in [-0.2, 0) is 4.74 Å². The molecular weight excluding hydrogens is 216 g/mol. The molecule has 1 fully saturated rings. The summed E-state index contributed by atoms with van der Waals surface area (Å²) < 4.78 is 10.8. The van der Waals surface area contributed by atoms with E-state index in [0.29, 0.717) is 6.10 Å². The van der Waals surface area contributed by atoms with Gasteiger partial charge in [-0.25, -0.2) is 0 Å². The van der Waals surface area contributed by atoms with Gasteiger partial charge in [0.15, 0.2) is 0 Å².